The van der Waals surface area contributed by atoms with Crippen molar-refractivity contribution in [1.29, 1.82) is 0 Å². The third-order valence-corrected chi connectivity index (χ3v) is 4.85. The molecule has 0 bridgehead atoms. The molecule has 1 saturated heterocycles. The molecule has 0 saturated carbocycles. The molecule has 0 aromatic heterocycles. The summed E-state index contributed by atoms with van der Waals surface area (Å²) in [5.41, 5.74) is 1.32. The number of ketones is 1. The van der Waals surface area contributed by atoms with Crippen molar-refractivity contribution in [3.05, 3.63) is 29.8 Å². The fraction of sp³-hybridized carbons (Fsp3) is 0.588. The predicted octanol–water partition coefficient (Wildman–Crippen LogP) is 2.97. The lowest BCUT2D eigenvalue weighted by atomic mass is 9.68. The molecule has 0 spiro atoms. The van der Waals surface area contributed by atoms with E-state index in [4.69, 9.17) is 0 Å². The Bertz CT molecular complexity index is 486. The van der Waals surface area contributed by atoms with Gasteiger partial charge >= 0.3 is 0 Å². The van der Waals surface area contributed by atoms with Crippen LogP contribution in [-0.4, -0.2) is 35.4 Å². The number of hydrogen-bond donors (Lipinski definition) is 1. The molecule has 1 aliphatic heterocycles. The minimum atomic E-state index is 0.103. The lowest BCUT2D eigenvalue weighted by molar-refractivity contribution is -0.117. The molecule has 20 heavy (non-hydrogen) atoms. The molecular formula is C17H25NO2. The van der Waals surface area contributed by atoms with Crippen LogP contribution in [0.5, 0.6) is 5.75 Å². The molecule has 1 aliphatic rings. The summed E-state index contributed by atoms with van der Waals surface area (Å²) in [6.07, 6.45) is 1.71. The quantitative estimate of drug-likeness (QED) is 0.918. The van der Waals surface area contributed by atoms with Crippen LogP contribution in [0.3, 0.4) is 0 Å². The zero-order chi connectivity index (χ0) is 14.8. The van der Waals surface area contributed by atoms with Gasteiger partial charge in [0.05, 0.1) is 0 Å². The first-order valence-corrected chi connectivity index (χ1v) is 7.43. The van der Waals surface area contributed by atoms with E-state index < -0.39 is 0 Å². The molecule has 1 fully saturated rings. The van der Waals surface area contributed by atoms with E-state index in [2.05, 4.69) is 24.8 Å². The van der Waals surface area contributed by atoms with E-state index in [-0.39, 0.29) is 11.2 Å². The number of likely N-dealkylation sites (tertiary alicyclic amines) is 1. The van der Waals surface area contributed by atoms with E-state index in [0.29, 0.717) is 18.1 Å². The Balaban J connectivity index is 2.06. The van der Waals surface area contributed by atoms with Crippen molar-refractivity contribution < 1.29 is 9.90 Å². The van der Waals surface area contributed by atoms with Crippen molar-refractivity contribution in [2.45, 2.75) is 39.0 Å². The number of phenolic OH excluding ortho intramolecular Hbond substituents is 1. The molecule has 1 N–H and O–H groups in total. The van der Waals surface area contributed by atoms with Crippen LogP contribution >= 0.6 is 0 Å². The number of hydrogen-bond acceptors (Lipinski definition) is 3. The second-order valence-corrected chi connectivity index (χ2v) is 6.37. The van der Waals surface area contributed by atoms with Crippen molar-refractivity contribution >= 4 is 5.78 Å². The average molecular weight is 275 g/mol. The standard InChI is InChI=1S/C17H25NO2/c1-13-12-18(9-7-14(2)19)10-8-17(13,3)15-5-4-6-16(20)11-15/h4-6,11,13,20H,7-10,12H2,1-3H3. The third kappa shape index (κ3) is 3.21. The highest BCUT2D eigenvalue weighted by Gasteiger charge is 2.37. The highest BCUT2D eigenvalue weighted by Crippen LogP contribution is 2.40. The topological polar surface area (TPSA) is 40.5 Å². The smallest absolute Gasteiger partial charge is 0.131 e. The molecule has 2 atom stereocenters. The van der Waals surface area contributed by atoms with Crippen molar-refractivity contribution in [3.8, 4) is 5.75 Å². The fourth-order valence-corrected chi connectivity index (χ4v) is 3.13. The Hall–Kier alpha value is -1.35. The van der Waals surface area contributed by atoms with Crippen molar-refractivity contribution in [2.75, 3.05) is 19.6 Å². The molecule has 1 aromatic rings. The first-order chi connectivity index (χ1) is 9.41. The molecule has 1 aromatic carbocycles. The first kappa shape index (κ1) is 15.0. The SMILES string of the molecule is CC(=O)CCN1CCC(C)(c2cccc(O)c2)C(C)C1. The lowest BCUT2D eigenvalue weighted by Gasteiger charge is -2.45. The summed E-state index contributed by atoms with van der Waals surface area (Å²) in [5, 5.41) is 9.69. The summed E-state index contributed by atoms with van der Waals surface area (Å²) < 4.78 is 0. The monoisotopic (exact) mass is 275 g/mol. The number of piperidine rings is 1. The minimum Gasteiger partial charge on any atom is -0.508 e. The number of Topliss-reactive ketones (excluding diaryl/α,β-unsaturated/α-hetero) is 1. The molecule has 2 unspecified atom stereocenters. The maximum atomic E-state index is 11.1. The summed E-state index contributed by atoms with van der Waals surface area (Å²) in [5.74, 6) is 1.11. The van der Waals surface area contributed by atoms with Gasteiger partial charge in [0.15, 0.2) is 0 Å². The molecular weight excluding hydrogens is 250 g/mol. The third-order valence-electron chi connectivity index (χ3n) is 4.85. The van der Waals surface area contributed by atoms with E-state index in [9.17, 15) is 9.90 Å². The average Bonchev–Trinajstić information content (AvgIpc) is 2.40. The fourth-order valence-electron chi connectivity index (χ4n) is 3.13. The molecule has 0 aliphatic carbocycles. The maximum absolute atomic E-state index is 11.1. The van der Waals surface area contributed by atoms with Gasteiger partial charge in [-0.2, -0.15) is 0 Å². The zero-order valence-electron chi connectivity index (χ0n) is 12.7. The molecule has 2 rings (SSSR count). The van der Waals surface area contributed by atoms with Crippen LogP contribution in [0.1, 0.15) is 39.2 Å². The maximum Gasteiger partial charge on any atom is 0.131 e. The number of carbonyl (C=O) groups excluding carboxylic acids is 1. The summed E-state index contributed by atoms with van der Waals surface area (Å²) >= 11 is 0. The Morgan fingerprint density at radius 3 is 2.85 bits per heavy atom. The van der Waals surface area contributed by atoms with Crippen molar-refractivity contribution in [3.63, 3.8) is 0 Å². The van der Waals surface area contributed by atoms with E-state index in [1.807, 2.05) is 12.1 Å². The van der Waals surface area contributed by atoms with Crippen LogP contribution in [0.4, 0.5) is 0 Å². The molecule has 1 heterocycles. The highest BCUT2D eigenvalue weighted by molar-refractivity contribution is 5.75. The van der Waals surface area contributed by atoms with Gasteiger partial charge in [0.2, 0.25) is 0 Å². The second kappa shape index (κ2) is 5.96. The van der Waals surface area contributed by atoms with Crippen LogP contribution in [0, 0.1) is 5.92 Å². The second-order valence-electron chi connectivity index (χ2n) is 6.37. The zero-order valence-corrected chi connectivity index (χ0v) is 12.7. The Labute approximate surface area is 121 Å². The van der Waals surface area contributed by atoms with Gasteiger partial charge in [-0.15, -0.1) is 0 Å². The van der Waals surface area contributed by atoms with E-state index in [1.54, 1.807) is 13.0 Å². The Morgan fingerprint density at radius 1 is 1.50 bits per heavy atom. The van der Waals surface area contributed by atoms with Gasteiger partial charge in [-0.1, -0.05) is 26.0 Å². The van der Waals surface area contributed by atoms with Gasteiger partial charge in [0, 0.05) is 19.5 Å². The van der Waals surface area contributed by atoms with Crippen LogP contribution in [0.15, 0.2) is 24.3 Å². The summed E-state index contributed by atoms with van der Waals surface area (Å²) in [6, 6.07) is 7.65. The molecule has 3 heteroatoms. The van der Waals surface area contributed by atoms with Gasteiger partial charge < -0.3 is 10.0 Å². The van der Waals surface area contributed by atoms with Crippen molar-refractivity contribution in [1.82, 2.24) is 4.90 Å². The lowest BCUT2D eigenvalue weighted by Crippen LogP contribution is -2.47. The number of carbonyl (C=O) groups is 1. The largest absolute Gasteiger partial charge is 0.508 e. The van der Waals surface area contributed by atoms with Crippen LogP contribution in [0.25, 0.3) is 0 Å². The van der Waals surface area contributed by atoms with Crippen LogP contribution < -0.4 is 0 Å². The first-order valence-electron chi connectivity index (χ1n) is 7.43. The summed E-state index contributed by atoms with van der Waals surface area (Å²) in [7, 11) is 0. The van der Waals surface area contributed by atoms with E-state index in [1.165, 1.54) is 5.56 Å². The normalized spacial score (nSPS) is 27.4. The van der Waals surface area contributed by atoms with Crippen LogP contribution in [-0.2, 0) is 10.2 Å². The molecule has 0 amide bonds. The number of benzene rings is 1. The predicted molar refractivity (Wildman–Crippen MR) is 81.0 cm³/mol. The van der Waals surface area contributed by atoms with Crippen molar-refractivity contribution in [2.24, 2.45) is 5.92 Å². The van der Waals surface area contributed by atoms with Gasteiger partial charge in [0.25, 0.3) is 0 Å². The molecule has 110 valence electrons. The van der Waals surface area contributed by atoms with Gasteiger partial charge in [0.1, 0.15) is 11.5 Å². The Kier molecular flexibility index (Phi) is 4.48. The summed E-state index contributed by atoms with van der Waals surface area (Å²) in [4.78, 5) is 13.5. The van der Waals surface area contributed by atoms with E-state index in [0.717, 1.165) is 26.1 Å². The molecule has 3 nitrogen and oxygen atoms in total. The van der Waals surface area contributed by atoms with Gasteiger partial charge in [-0.25, -0.2) is 0 Å². The minimum absolute atomic E-state index is 0.103. The van der Waals surface area contributed by atoms with Gasteiger partial charge in [-0.3, -0.25) is 4.79 Å². The number of rotatable bonds is 4. The van der Waals surface area contributed by atoms with Gasteiger partial charge in [-0.05, 0) is 48.9 Å². The number of phenols is 1. The Morgan fingerprint density at radius 2 is 2.25 bits per heavy atom. The van der Waals surface area contributed by atoms with E-state index >= 15 is 0 Å². The number of aromatic hydroxyl groups is 1. The molecule has 0 radical (unpaired) electrons. The van der Waals surface area contributed by atoms with Crippen LogP contribution in [0.2, 0.25) is 0 Å². The summed E-state index contributed by atoms with van der Waals surface area (Å²) in [6.45, 7) is 9.11. The highest BCUT2D eigenvalue weighted by atomic mass is 16.3. The number of nitrogens with zero attached hydrogens (tertiary/aromatic N) is 1.